The Morgan fingerprint density at radius 3 is 2.63 bits per heavy atom. The molecule has 0 aliphatic carbocycles. The van der Waals surface area contributed by atoms with E-state index < -0.39 is 5.60 Å². The molecule has 1 amide bonds. The van der Waals surface area contributed by atoms with Gasteiger partial charge in [0.25, 0.3) is 0 Å². The first-order valence-electron chi connectivity index (χ1n) is 9.17. The van der Waals surface area contributed by atoms with Crippen LogP contribution in [0.3, 0.4) is 0 Å². The number of hydrogen-bond acceptors (Lipinski definition) is 3. The van der Waals surface area contributed by atoms with Crippen molar-refractivity contribution in [2.45, 2.75) is 24.9 Å². The van der Waals surface area contributed by atoms with E-state index in [4.69, 9.17) is 11.6 Å². The summed E-state index contributed by atoms with van der Waals surface area (Å²) in [6, 6.07) is 13.5. The summed E-state index contributed by atoms with van der Waals surface area (Å²) in [5.74, 6) is -0.388. The lowest BCUT2D eigenvalue weighted by Crippen LogP contribution is -2.45. The second-order valence-corrected chi connectivity index (χ2v) is 7.41. The Balaban J connectivity index is 1.42. The number of rotatable bonds is 6. The van der Waals surface area contributed by atoms with E-state index in [-0.39, 0.29) is 18.1 Å². The van der Waals surface area contributed by atoms with Crippen LogP contribution in [0.25, 0.3) is 0 Å². The van der Waals surface area contributed by atoms with Crippen molar-refractivity contribution in [2.24, 2.45) is 0 Å². The summed E-state index contributed by atoms with van der Waals surface area (Å²) in [6.45, 7) is 2.66. The van der Waals surface area contributed by atoms with Crippen LogP contribution in [-0.2, 0) is 16.8 Å². The molecule has 6 heteroatoms. The summed E-state index contributed by atoms with van der Waals surface area (Å²) in [5, 5.41) is 14.3. The van der Waals surface area contributed by atoms with E-state index in [1.54, 1.807) is 18.2 Å². The molecule has 0 saturated carbocycles. The van der Waals surface area contributed by atoms with Crippen LogP contribution >= 0.6 is 11.6 Å². The molecule has 2 aromatic carbocycles. The molecule has 0 atom stereocenters. The summed E-state index contributed by atoms with van der Waals surface area (Å²) < 4.78 is 13.4. The van der Waals surface area contributed by atoms with Crippen LogP contribution in [-0.4, -0.2) is 42.1 Å². The number of likely N-dealkylation sites (tertiary alicyclic amines) is 1. The number of hydrogen-bond donors (Lipinski definition) is 2. The number of amides is 1. The van der Waals surface area contributed by atoms with E-state index in [0.717, 1.165) is 5.56 Å². The lowest BCUT2D eigenvalue weighted by atomic mass is 9.84. The van der Waals surface area contributed by atoms with Crippen molar-refractivity contribution in [2.75, 3.05) is 26.2 Å². The van der Waals surface area contributed by atoms with Crippen molar-refractivity contribution in [1.82, 2.24) is 10.2 Å². The molecular formula is C21H24ClFN2O2. The molecule has 1 aliphatic rings. The largest absolute Gasteiger partial charge is 0.385 e. The van der Waals surface area contributed by atoms with Crippen molar-refractivity contribution < 1.29 is 14.3 Å². The summed E-state index contributed by atoms with van der Waals surface area (Å²) in [6.07, 6.45) is 1.35. The normalized spacial score (nSPS) is 16.9. The predicted octanol–water partition coefficient (Wildman–Crippen LogP) is 3.12. The quantitative estimate of drug-likeness (QED) is 0.796. The zero-order valence-electron chi connectivity index (χ0n) is 15.1. The van der Waals surface area contributed by atoms with E-state index in [0.29, 0.717) is 49.6 Å². The van der Waals surface area contributed by atoms with Crippen LogP contribution in [0.4, 0.5) is 4.39 Å². The lowest BCUT2D eigenvalue weighted by molar-refractivity contribution is -0.120. The maximum atomic E-state index is 13.4. The van der Waals surface area contributed by atoms with E-state index in [2.05, 4.69) is 10.2 Å². The van der Waals surface area contributed by atoms with Crippen LogP contribution in [0.2, 0.25) is 5.02 Å². The van der Waals surface area contributed by atoms with Gasteiger partial charge in [-0.25, -0.2) is 4.39 Å². The minimum atomic E-state index is -0.980. The Bertz CT molecular complexity index is 791. The molecule has 0 unspecified atom stereocenters. The van der Waals surface area contributed by atoms with Crippen molar-refractivity contribution in [3.63, 3.8) is 0 Å². The Kier molecular flexibility index (Phi) is 6.47. The molecule has 0 radical (unpaired) electrons. The minimum absolute atomic E-state index is 0.0589. The zero-order valence-corrected chi connectivity index (χ0v) is 15.9. The van der Waals surface area contributed by atoms with Gasteiger partial charge in [-0.2, -0.15) is 0 Å². The van der Waals surface area contributed by atoms with E-state index in [9.17, 15) is 14.3 Å². The molecule has 1 aliphatic heterocycles. The van der Waals surface area contributed by atoms with Gasteiger partial charge >= 0.3 is 0 Å². The molecule has 2 aromatic rings. The zero-order chi connectivity index (χ0) is 19.3. The summed E-state index contributed by atoms with van der Waals surface area (Å²) in [4.78, 5) is 14.3. The smallest absolute Gasteiger partial charge is 0.224 e. The standard InChI is InChI=1S/C21H24ClFN2O2/c22-19-7-2-1-4-16(19)14-20(26)24-10-13-25-11-8-21(27,9-12-25)17-5-3-6-18(23)15-17/h1-7,15,27H,8-14H2,(H,24,26). The molecule has 1 fully saturated rings. The van der Waals surface area contributed by atoms with Gasteiger partial charge in [-0.05, 0) is 42.2 Å². The number of aliphatic hydroxyl groups is 1. The molecule has 1 heterocycles. The molecule has 1 saturated heterocycles. The van der Waals surface area contributed by atoms with Crippen molar-refractivity contribution in [3.05, 3.63) is 70.5 Å². The molecular weight excluding hydrogens is 367 g/mol. The maximum Gasteiger partial charge on any atom is 0.224 e. The third-order valence-corrected chi connectivity index (χ3v) is 5.47. The Morgan fingerprint density at radius 2 is 1.93 bits per heavy atom. The van der Waals surface area contributed by atoms with Crippen LogP contribution in [0.1, 0.15) is 24.0 Å². The fourth-order valence-corrected chi connectivity index (χ4v) is 3.65. The topological polar surface area (TPSA) is 52.6 Å². The van der Waals surface area contributed by atoms with E-state index in [1.165, 1.54) is 12.1 Å². The summed E-state index contributed by atoms with van der Waals surface area (Å²) >= 11 is 6.08. The van der Waals surface area contributed by atoms with Gasteiger partial charge < -0.3 is 15.3 Å². The van der Waals surface area contributed by atoms with Crippen LogP contribution in [0.15, 0.2) is 48.5 Å². The fraction of sp³-hybridized carbons (Fsp3) is 0.381. The molecule has 3 rings (SSSR count). The fourth-order valence-electron chi connectivity index (χ4n) is 3.44. The van der Waals surface area contributed by atoms with E-state index in [1.807, 2.05) is 18.2 Å². The molecule has 2 N–H and O–H groups in total. The second-order valence-electron chi connectivity index (χ2n) is 7.00. The van der Waals surface area contributed by atoms with Gasteiger partial charge in [0.15, 0.2) is 0 Å². The molecule has 4 nitrogen and oxygen atoms in total. The van der Waals surface area contributed by atoms with Crippen molar-refractivity contribution >= 4 is 17.5 Å². The van der Waals surface area contributed by atoms with Crippen LogP contribution in [0.5, 0.6) is 0 Å². The monoisotopic (exact) mass is 390 g/mol. The first kappa shape index (κ1) is 19.8. The van der Waals surface area contributed by atoms with Gasteiger partial charge in [-0.15, -0.1) is 0 Å². The van der Waals surface area contributed by atoms with Gasteiger partial charge in [0.05, 0.1) is 12.0 Å². The first-order valence-corrected chi connectivity index (χ1v) is 9.55. The van der Waals surface area contributed by atoms with Gasteiger partial charge in [0, 0.05) is 31.2 Å². The highest BCUT2D eigenvalue weighted by atomic mass is 35.5. The van der Waals surface area contributed by atoms with Crippen molar-refractivity contribution in [1.29, 1.82) is 0 Å². The summed E-state index contributed by atoms with van der Waals surface area (Å²) in [5.41, 5.74) is 0.469. The number of benzene rings is 2. The highest BCUT2D eigenvalue weighted by Gasteiger charge is 2.33. The molecule has 144 valence electrons. The molecule has 0 aromatic heterocycles. The van der Waals surface area contributed by atoms with Crippen LogP contribution < -0.4 is 5.32 Å². The Morgan fingerprint density at radius 1 is 1.19 bits per heavy atom. The third-order valence-electron chi connectivity index (χ3n) is 5.10. The number of carbonyl (C=O) groups is 1. The summed E-state index contributed by atoms with van der Waals surface area (Å²) in [7, 11) is 0. The third kappa shape index (κ3) is 5.28. The SMILES string of the molecule is O=C(Cc1ccccc1Cl)NCCN1CCC(O)(c2cccc(F)c2)CC1. The van der Waals surface area contributed by atoms with Gasteiger partial charge in [0.1, 0.15) is 5.82 Å². The Labute approximate surface area is 164 Å². The molecule has 0 bridgehead atoms. The second kappa shape index (κ2) is 8.83. The number of nitrogens with zero attached hydrogens (tertiary/aromatic N) is 1. The lowest BCUT2D eigenvalue weighted by Gasteiger charge is -2.38. The van der Waals surface area contributed by atoms with Gasteiger partial charge in [-0.1, -0.05) is 41.9 Å². The van der Waals surface area contributed by atoms with Gasteiger partial charge in [-0.3, -0.25) is 4.79 Å². The van der Waals surface area contributed by atoms with E-state index >= 15 is 0 Å². The van der Waals surface area contributed by atoms with Crippen molar-refractivity contribution in [3.8, 4) is 0 Å². The average Bonchev–Trinajstić information content (AvgIpc) is 2.65. The molecule has 27 heavy (non-hydrogen) atoms. The molecule has 0 spiro atoms. The van der Waals surface area contributed by atoms with Crippen LogP contribution in [0, 0.1) is 5.82 Å². The highest BCUT2D eigenvalue weighted by molar-refractivity contribution is 6.31. The first-order chi connectivity index (χ1) is 13.0. The average molecular weight is 391 g/mol. The number of nitrogens with one attached hydrogen (secondary N) is 1. The maximum absolute atomic E-state index is 13.4. The Hall–Kier alpha value is -1.95. The number of carbonyl (C=O) groups excluding carboxylic acids is 1. The minimum Gasteiger partial charge on any atom is -0.385 e. The predicted molar refractivity (Wildman–Crippen MR) is 104 cm³/mol. The number of piperidine rings is 1. The highest BCUT2D eigenvalue weighted by Crippen LogP contribution is 2.32. The van der Waals surface area contributed by atoms with Gasteiger partial charge in [0.2, 0.25) is 5.91 Å². The number of halogens is 2.